The first kappa shape index (κ1) is 16.0. The van der Waals surface area contributed by atoms with Crippen molar-refractivity contribution in [1.82, 2.24) is 0 Å². The molecule has 0 aromatic heterocycles. The lowest BCUT2D eigenvalue weighted by Crippen LogP contribution is -2.43. The summed E-state index contributed by atoms with van der Waals surface area (Å²) in [5, 5.41) is 2.66. The molecule has 7 heteroatoms. The highest BCUT2D eigenvalue weighted by atomic mass is 16.7. The molecule has 1 N–H and O–H groups in total. The monoisotopic (exact) mass is 345 g/mol. The summed E-state index contributed by atoms with van der Waals surface area (Å²) in [6, 6.07) is 9.01. The first-order valence-corrected chi connectivity index (χ1v) is 8.17. The molecule has 132 valence electrons. The van der Waals surface area contributed by atoms with E-state index in [-0.39, 0.29) is 17.9 Å². The Labute approximate surface area is 144 Å². The van der Waals surface area contributed by atoms with Gasteiger partial charge in [-0.1, -0.05) is 18.2 Å². The van der Waals surface area contributed by atoms with E-state index in [0.717, 1.165) is 0 Å². The SMILES string of the molecule is COC(=O)C1=CO[C@@H](OC(=O)Nc2ccccc2)[C@@H]2[C@@H]1C[C@@H]1O[C@]21C. The fraction of sp³-hybridized carbons (Fsp3) is 0.444. The van der Waals surface area contributed by atoms with Gasteiger partial charge in [0.15, 0.2) is 0 Å². The van der Waals surface area contributed by atoms with Gasteiger partial charge in [0, 0.05) is 11.6 Å². The molecule has 7 nitrogen and oxygen atoms in total. The summed E-state index contributed by atoms with van der Waals surface area (Å²) in [6.45, 7) is 1.96. The summed E-state index contributed by atoms with van der Waals surface area (Å²) in [7, 11) is 1.34. The summed E-state index contributed by atoms with van der Waals surface area (Å²) >= 11 is 0. The molecule has 2 heterocycles. The van der Waals surface area contributed by atoms with Crippen molar-refractivity contribution in [1.29, 1.82) is 0 Å². The van der Waals surface area contributed by atoms with Gasteiger partial charge < -0.3 is 18.9 Å². The predicted molar refractivity (Wildman–Crippen MR) is 86.4 cm³/mol. The average molecular weight is 345 g/mol. The first-order chi connectivity index (χ1) is 12.0. The number of anilines is 1. The number of epoxide rings is 1. The molecule has 0 radical (unpaired) electrons. The lowest BCUT2D eigenvalue weighted by molar-refractivity contribution is -0.149. The minimum absolute atomic E-state index is 0.0422. The van der Waals surface area contributed by atoms with Crippen molar-refractivity contribution >= 4 is 17.7 Å². The lowest BCUT2D eigenvalue weighted by atomic mass is 9.82. The Kier molecular flexibility index (Phi) is 3.68. The van der Waals surface area contributed by atoms with Gasteiger partial charge in [-0.15, -0.1) is 0 Å². The zero-order valence-corrected chi connectivity index (χ0v) is 13.9. The van der Waals surface area contributed by atoms with Gasteiger partial charge in [-0.05, 0) is 25.5 Å². The van der Waals surface area contributed by atoms with E-state index in [1.54, 1.807) is 12.1 Å². The third-order valence-electron chi connectivity index (χ3n) is 5.23. The molecule has 1 aromatic carbocycles. The van der Waals surface area contributed by atoms with E-state index < -0.39 is 24.0 Å². The summed E-state index contributed by atoms with van der Waals surface area (Å²) in [5.74, 6) is -0.787. The summed E-state index contributed by atoms with van der Waals surface area (Å²) in [6.07, 6.45) is 0.644. The quantitative estimate of drug-likeness (QED) is 0.669. The third-order valence-corrected chi connectivity index (χ3v) is 5.23. The number of carbonyl (C=O) groups is 2. The summed E-state index contributed by atoms with van der Waals surface area (Å²) in [5.41, 5.74) is 0.646. The predicted octanol–water partition coefficient (Wildman–Crippen LogP) is 2.44. The number of methoxy groups -OCH3 is 1. The Morgan fingerprint density at radius 2 is 2.04 bits per heavy atom. The fourth-order valence-corrected chi connectivity index (χ4v) is 3.91. The number of ether oxygens (including phenoxy) is 4. The molecule has 0 unspecified atom stereocenters. The van der Waals surface area contributed by atoms with E-state index in [1.807, 2.05) is 25.1 Å². The number of nitrogens with one attached hydrogen (secondary N) is 1. The molecule has 25 heavy (non-hydrogen) atoms. The van der Waals surface area contributed by atoms with Crippen LogP contribution in [0.2, 0.25) is 0 Å². The average Bonchev–Trinajstić information content (AvgIpc) is 3.16. The lowest BCUT2D eigenvalue weighted by Gasteiger charge is -2.35. The van der Waals surface area contributed by atoms with Crippen LogP contribution in [0, 0.1) is 11.8 Å². The molecule has 1 saturated heterocycles. The number of amides is 1. The molecule has 0 bridgehead atoms. The van der Waals surface area contributed by atoms with Crippen LogP contribution in [0.3, 0.4) is 0 Å². The number of benzene rings is 1. The molecule has 4 rings (SSSR count). The maximum absolute atomic E-state index is 12.2. The van der Waals surface area contributed by atoms with Crippen LogP contribution in [-0.2, 0) is 23.7 Å². The van der Waals surface area contributed by atoms with Gasteiger partial charge in [0.25, 0.3) is 6.29 Å². The van der Waals surface area contributed by atoms with Crippen molar-refractivity contribution in [2.45, 2.75) is 31.3 Å². The van der Waals surface area contributed by atoms with Crippen LogP contribution >= 0.6 is 0 Å². The molecule has 2 aliphatic heterocycles. The molecule has 1 saturated carbocycles. The topological polar surface area (TPSA) is 86.4 Å². The molecule has 2 fully saturated rings. The number of esters is 1. The molecule has 0 spiro atoms. The molecule has 3 aliphatic rings. The van der Waals surface area contributed by atoms with Gasteiger partial charge in [0.2, 0.25) is 0 Å². The smallest absolute Gasteiger partial charge is 0.414 e. The van der Waals surface area contributed by atoms with Crippen molar-refractivity contribution in [2.75, 3.05) is 12.4 Å². The van der Waals surface area contributed by atoms with Crippen molar-refractivity contribution < 1.29 is 28.5 Å². The molecule has 1 aliphatic carbocycles. The highest BCUT2D eigenvalue weighted by molar-refractivity contribution is 5.89. The Morgan fingerprint density at radius 1 is 1.28 bits per heavy atom. The molecule has 1 aromatic rings. The Bertz CT molecular complexity index is 732. The second kappa shape index (κ2) is 5.77. The minimum atomic E-state index is -0.820. The van der Waals surface area contributed by atoms with Gasteiger partial charge >= 0.3 is 12.1 Å². The van der Waals surface area contributed by atoms with E-state index >= 15 is 0 Å². The standard InChI is InChI=1S/C18H19NO6/c1-18-13(25-18)8-11-12(15(20)22-2)9-23-16(14(11)18)24-17(21)19-10-6-4-3-5-7-10/h3-7,9,11,13-14,16H,8H2,1-2H3,(H,19,21)/t11-,13+,14+,16+,18+/m1/s1. The van der Waals surface area contributed by atoms with Crippen molar-refractivity contribution in [3.8, 4) is 0 Å². The van der Waals surface area contributed by atoms with Crippen molar-refractivity contribution in [3.05, 3.63) is 42.2 Å². The summed E-state index contributed by atoms with van der Waals surface area (Å²) < 4.78 is 21.6. The second-order valence-corrected chi connectivity index (χ2v) is 6.62. The normalized spacial score (nSPS) is 34.7. The molecule has 1 amide bonds. The maximum Gasteiger partial charge on any atom is 0.414 e. The van der Waals surface area contributed by atoms with Crippen molar-refractivity contribution in [3.63, 3.8) is 0 Å². The van der Waals surface area contributed by atoms with Crippen molar-refractivity contribution in [2.24, 2.45) is 11.8 Å². The van der Waals surface area contributed by atoms with E-state index in [0.29, 0.717) is 17.7 Å². The van der Waals surface area contributed by atoms with Crippen LogP contribution < -0.4 is 5.32 Å². The van der Waals surface area contributed by atoms with Gasteiger partial charge in [0.05, 0.1) is 31.0 Å². The molecule has 5 atom stereocenters. The number of fused-ring (bicyclic) bond motifs is 3. The van der Waals surface area contributed by atoms with E-state index in [4.69, 9.17) is 18.9 Å². The molecular weight excluding hydrogens is 326 g/mol. The van der Waals surface area contributed by atoms with E-state index in [9.17, 15) is 9.59 Å². The van der Waals surface area contributed by atoms with Crippen LogP contribution in [0.4, 0.5) is 10.5 Å². The highest BCUT2D eigenvalue weighted by Gasteiger charge is 2.71. The number of rotatable bonds is 3. The van der Waals surface area contributed by atoms with Crippen LogP contribution in [-0.4, -0.2) is 37.2 Å². The van der Waals surface area contributed by atoms with Gasteiger partial charge in [-0.25, -0.2) is 9.59 Å². The summed E-state index contributed by atoms with van der Waals surface area (Å²) in [4.78, 5) is 24.2. The minimum Gasteiger partial charge on any atom is -0.466 e. The highest BCUT2D eigenvalue weighted by Crippen LogP contribution is 2.61. The third kappa shape index (κ3) is 2.64. The van der Waals surface area contributed by atoms with Gasteiger partial charge in [0.1, 0.15) is 5.60 Å². The largest absolute Gasteiger partial charge is 0.466 e. The van der Waals surface area contributed by atoms with Crippen LogP contribution in [0.25, 0.3) is 0 Å². The van der Waals surface area contributed by atoms with Gasteiger partial charge in [-0.2, -0.15) is 0 Å². The van der Waals surface area contributed by atoms with Crippen LogP contribution in [0.15, 0.2) is 42.2 Å². The number of para-hydroxylation sites is 1. The first-order valence-electron chi connectivity index (χ1n) is 8.17. The molecular formula is C18H19NO6. The van der Waals surface area contributed by atoms with E-state index in [2.05, 4.69) is 5.32 Å². The number of carbonyl (C=O) groups excluding carboxylic acids is 2. The Morgan fingerprint density at radius 3 is 2.76 bits per heavy atom. The fourth-order valence-electron chi connectivity index (χ4n) is 3.91. The van der Waals surface area contributed by atoms with Gasteiger partial charge in [-0.3, -0.25) is 5.32 Å². The van der Waals surface area contributed by atoms with Crippen LogP contribution in [0.5, 0.6) is 0 Å². The number of hydrogen-bond donors (Lipinski definition) is 1. The van der Waals surface area contributed by atoms with E-state index in [1.165, 1.54) is 13.4 Å². The zero-order valence-electron chi connectivity index (χ0n) is 13.9. The zero-order chi connectivity index (χ0) is 17.6. The Balaban J connectivity index is 1.51. The Hall–Kier alpha value is -2.54. The number of hydrogen-bond acceptors (Lipinski definition) is 6. The second-order valence-electron chi connectivity index (χ2n) is 6.62. The van der Waals surface area contributed by atoms with Crippen LogP contribution in [0.1, 0.15) is 13.3 Å². The maximum atomic E-state index is 12.2.